The van der Waals surface area contributed by atoms with Crippen LogP contribution in [0.1, 0.15) is 28.9 Å². The van der Waals surface area contributed by atoms with Crippen LogP contribution in [0.3, 0.4) is 0 Å². The van der Waals surface area contributed by atoms with Gasteiger partial charge < -0.3 is 19.7 Å². The molecule has 1 saturated carbocycles. The van der Waals surface area contributed by atoms with E-state index in [2.05, 4.69) is 5.32 Å². The standard InChI is InChI=1S/C20H20FN3O5S/c1-24-8-16-19(29-9-13(10-30(16,27)28)18(25)11-2-3-11)17(24)20(26)23-14-4-5-15(21)12(6-14)7-22/h4-6,8,11,13,18,25H,2-3,9-10H2,1H3,(H,23,26)/t13-,18?/m0/s1. The SMILES string of the molecule is Cn1cc2c(c1C(=O)Nc1ccc(F)c(C#N)c1)OC[C@H](C(O)C1CC1)CS2(=O)=O. The summed E-state index contributed by atoms with van der Waals surface area (Å²) >= 11 is 0. The maximum atomic E-state index is 13.5. The first-order valence-corrected chi connectivity index (χ1v) is 11.1. The first-order valence-electron chi connectivity index (χ1n) is 9.45. The molecule has 2 heterocycles. The van der Waals surface area contributed by atoms with Crippen LogP contribution in [0.5, 0.6) is 5.75 Å². The first kappa shape index (κ1) is 20.4. The van der Waals surface area contributed by atoms with Crippen molar-refractivity contribution >= 4 is 21.4 Å². The molecule has 0 saturated heterocycles. The Morgan fingerprint density at radius 3 is 2.80 bits per heavy atom. The zero-order valence-electron chi connectivity index (χ0n) is 16.1. The number of amides is 1. The molecule has 0 bridgehead atoms. The average molecular weight is 433 g/mol. The minimum absolute atomic E-state index is 0.0158. The third-order valence-corrected chi connectivity index (χ3v) is 7.29. The number of ether oxygens (including phenoxy) is 1. The molecule has 0 spiro atoms. The highest BCUT2D eigenvalue weighted by Crippen LogP contribution is 2.40. The quantitative estimate of drug-likeness (QED) is 0.759. The molecule has 1 aromatic heterocycles. The van der Waals surface area contributed by atoms with Gasteiger partial charge in [0, 0.05) is 24.8 Å². The summed E-state index contributed by atoms with van der Waals surface area (Å²) in [4.78, 5) is 12.8. The molecule has 4 rings (SSSR count). The number of aliphatic hydroxyl groups is 1. The number of nitriles is 1. The van der Waals surface area contributed by atoms with Crippen LogP contribution in [0.25, 0.3) is 0 Å². The minimum Gasteiger partial charge on any atom is -0.489 e. The fraction of sp³-hybridized carbons (Fsp3) is 0.400. The second kappa shape index (κ2) is 7.41. The molecule has 1 fully saturated rings. The van der Waals surface area contributed by atoms with Gasteiger partial charge in [0.1, 0.15) is 16.8 Å². The van der Waals surface area contributed by atoms with E-state index in [1.165, 1.54) is 29.9 Å². The van der Waals surface area contributed by atoms with Gasteiger partial charge in [0.2, 0.25) is 0 Å². The molecule has 158 valence electrons. The summed E-state index contributed by atoms with van der Waals surface area (Å²) in [7, 11) is -2.26. The van der Waals surface area contributed by atoms with E-state index < -0.39 is 33.6 Å². The second-order valence-corrected chi connectivity index (χ2v) is 9.73. The fourth-order valence-corrected chi connectivity index (χ4v) is 5.50. The molecule has 30 heavy (non-hydrogen) atoms. The van der Waals surface area contributed by atoms with Crippen LogP contribution in [-0.2, 0) is 16.9 Å². The number of halogens is 1. The van der Waals surface area contributed by atoms with Crippen LogP contribution < -0.4 is 10.1 Å². The molecule has 1 aliphatic heterocycles. The van der Waals surface area contributed by atoms with Gasteiger partial charge in [-0.15, -0.1) is 0 Å². The summed E-state index contributed by atoms with van der Waals surface area (Å²) < 4.78 is 46.4. The highest BCUT2D eigenvalue weighted by Gasteiger charge is 2.42. The van der Waals surface area contributed by atoms with E-state index >= 15 is 0 Å². The van der Waals surface area contributed by atoms with Crippen molar-refractivity contribution in [3.63, 3.8) is 0 Å². The van der Waals surface area contributed by atoms with Crippen molar-refractivity contribution in [1.82, 2.24) is 4.57 Å². The van der Waals surface area contributed by atoms with Crippen molar-refractivity contribution in [3.05, 3.63) is 41.5 Å². The monoisotopic (exact) mass is 433 g/mol. The van der Waals surface area contributed by atoms with Gasteiger partial charge in [-0.1, -0.05) is 0 Å². The number of nitrogens with zero attached hydrogens (tertiary/aromatic N) is 2. The number of aromatic nitrogens is 1. The van der Waals surface area contributed by atoms with Crippen LogP contribution in [-0.4, -0.2) is 42.5 Å². The summed E-state index contributed by atoms with van der Waals surface area (Å²) in [6.07, 6.45) is 2.28. The van der Waals surface area contributed by atoms with Crippen molar-refractivity contribution in [2.24, 2.45) is 18.9 Å². The van der Waals surface area contributed by atoms with Gasteiger partial charge >= 0.3 is 0 Å². The predicted molar refractivity (Wildman–Crippen MR) is 104 cm³/mol. The summed E-state index contributed by atoms with van der Waals surface area (Å²) in [6.45, 7) is -0.0245. The smallest absolute Gasteiger partial charge is 0.276 e. The molecule has 2 N–H and O–H groups in total. The number of carbonyl (C=O) groups excluding carboxylic acids is 1. The predicted octanol–water partition coefficient (Wildman–Crippen LogP) is 1.84. The summed E-state index contributed by atoms with van der Waals surface area (Å²) in [5.74, 6) is -2.18. The van der Waals surface area contributed by atoms with E-state index in [9.17, 15) is 22.7 Å². The van der Waals surface area contributed by atoms with Gasteiger partial charge in [0.05, 0.1) is 24.0 Å². The topological polar surface area (TPSA) is 121 Å². The Bertz CT molecular complexity index is 1160. The van der Waals surface area contributed by atoms with Gasteiger partial charge in [-0.05, 0) is 37.0 Å². The van der Waals surface area contributed by atoms with E-state index in [-0.39, 0.29) is 45.9 Å². The van der Waals surface area contributed by atoms with Crippen molar-refractivity contribution in [3.8, 4) is 11.8 Å². The van der Waals surface area contributed by atoms with Crippen LogP contribution in [0.4, 0.5) is 10.1 Å². The van der Waals surface area contributed by atoms with Crippen molar-refractivity contribution in [1.29, 1.82) is 5.26 Å². The maximum Gasteiger partial charge on any atom is 0.276 e. The number of hydrogen-bond donors (Lipinski definition) is 2. The van der Waals surface area contributed by atoms with E-state index in [1.807, 2.05) is 0 Å². The van der Waals surface area contributed by atoms with Crippen molar-refractivity contribution in [2.75, 3.05) is 17.7 Å². The third-order valence-electron chi connectivity index (χ3n) is 5.46. The number of anilines is 1. The van der Waals surface area contributed by atoms with Crippen LogP contribution in [0.15, 0.2) is 29.3 Å². The van der Waals surface area contributed by atoms with Gasteiger partial charge in [0.15, 0.2) is 21.3 Å². The molecule has 8 nitrogen and oxygen atoms in total. The fourth-order valence-electron chi connectivity index (χ4n) is 3.71. The lowest BCUT2D eigenvalue weighted by Gasteiger charge is -2.20. The van der Waals surface area contributed by atoms with Gasteiger partial charge in [-0.25, -0.2) is 12.8 Å². The van der Waals surface area contributed by atoms with Crippen molar-refractivity contribution in [2.45, 2.75) is 23.8 Å². The Kier molecular flexibility index (Phi) is 5.03. The molecule has 1 unspecified atom stereocenters. The lowest BCUT2D eigenvalue weighted by atomic mass is 10.0. The first-order chi connectivity index (χ1) is 14.2. The number of nitrogens with one attached hydrogen (secondary N) is 1. The highest BCUT2D eigenvalue weighted by atomic mass is 32.2. The maximum absolute atomic E-state index is 13.5. The lowest BCUT2D eigenvalue weighted by molar-refractivity contribution is 0.0689. The largest absolute Gasteiger partial charge is 0.489 e. The lowest BCUT2D eigenvalue weighted by Crippen LogP contribution is -2.32. The number of sulfone groups is 1. The zero-order chi connectivity index (χ0) is 21.6. The van der Waals surface area contributed by atoms with Gasteiger partial charge in [0.25, 0.3) is 5.91 Å². The molecule has 0 radical (unpaired) electrons. The molecule has 1 aliphatic carbocycles. The van der Waals surface area contributed by atoms with E-state index in [0.29, 0.717) is 0 Å². The molecule has 1 amide bonds. The molecule has 1 aromatic carbocycles. The van der Waals surface area contributed by atoms with Crippen molar-refractivity contribution < 1.29 is 27.4 Å². The normalized spacial score (nSPS) is 20.9. The van der Waals surface area contributed by atoms with Crippen LogP contribution >= 0.6 is 0 Å². The van der Waals surface area contributed by atoms with E-state index in [4.69, 9.17) is 10.00 Å². The summed E-state index contributed by atoms with van der Waals surface area (Å²) in [6, 6.07) is 5.24. The van der Waals surface area contributed by atoms with E-state index in [1.54, 1.807) is 6.07 Å². The van der Waals surface area contributed by atoms with Crippen LogP contribution in [0.2, 0.25) is 0 Å². The second-order valence-electron chi connectivity index (χ2n) is 7.72. The Labute approximate surface area is 172 Å². The Balaban J connectivity index is 1.65. The Morgan fingerprint density at radius 1 is 1.40 bits per heavy atom. The average Bonchev–Trinajstić information content (AvgIpc) is 3.49. The molecule has 2 aliphatic rings. The Hall–Kier alpha value is -2.90. The molecular formula is C20H20FN3O5S. The van der Waals surface area contributed by atoms with E-state index in [0.717, 1.165) is 18.9 Å². The minimum atomic E-state index is -3.78. The van der Waals surface area contributed by atoms with Gasteiger partial charge in [-0.2, -0.15) is 5.26 Å². The molecule has 2 aromatic rings. The number of aliphatic hydroxyl groups excluding tert-OH is 1. The number of rotatable bonds is 4. The number of carbonyl (C=O) groups is 1. The summed E-state index contributed by atoms with van der Waals surface area (Å²) in [5.41, 5.74) is -0.0568. The highest BCUT2D eigenvalue weighted by molar-refractivity contribution is 7.91. The molecular weight excluding hydrogens is 413 g/mol. The van der Waals surface area contributed by atoms with Gasteiger partial charge in [-0.3, -0.25) is 4.79 Å². The number of fused-ring (bicyclic) bond motifs is 1. The number of benzene rings is 1. The third kappa shape index (κ3) is 3.66. The Morgan fingerprint density at radius 2 is 2.13 bits per heavy atom. The number of aryl methyl sites for hydroxylation is 1. The number of hydrogen-bond acceptors (Lipinski definition) is 6. The molecule has 2 atom stereocenters. The summed E-state index contributed by atoms with van der Waals surface area (Å²) in [5, 5.41) is 21.9. The van der Waals surface area contributed by atoms with Crippen LogP contribution in [0, 0.1) is 29.0 Å². The molecule has 10 heteroatoms. The zero-order valence-corrected chi connectivity index (χ0v) is 16.9.